The maximum absolute atomic E-state index is 6.21. The number of fused-ring (bicyclic) bond motifs is 1. The number of aryl methyl sites for hydroxylation is 1. The Kier molecular flexibility index (Phi) is 4.19. The lowest BCUT2D eigenvalue weighted by molar-refractivity contribution is 0.462. The van der Waals surface area contributed by atoms with Gasteiger partial charge in [0, 0.05) is 22.8 Å². The SMILES string of the molecule is Cc1cccn2c(NC3CCCCC3)c(-c3cccc(Cl)c3)nc12. The Morgan fingerprint density at radius 1 is 1.12 bits per heavy atom. The first-order valence-corrected chi connectivity index (χ1v) is 9.10. The Hall–Kier alpha value is -2.00. The second-order valence-corrected chi connectivity index (χ2v) is 7.12. The monoisotopic (exact) mass is 339 g/mol. The summed E-state index contributed by atoms with van der Waals surface area (Å²) in [6, 6.07) is 12.7. The average Bonchev–Trinajstić information content (AvgIpc) is 2.96. The maximum Gasteiger partial charge on any atom is 0.142 e. The molecule has 1 aliphatic carbocycles. The van der Waals surface area contributed by atoms with Crippen molar-refractivity contribution in [1.82, 2.24) is 9.38 Å². The molecule has 0 unspecified atom stereocenters. The highest BCUT2D eigenvalue weighted by molar-refractivity contribution is 6.30. The van der Waals surface area contributed by atoms with E-state index in [1.165, 1.54) is 37.7 Å². The van der Waals surface area contributed by atoms with E-state index >= 15 is 0 Å². The van der Waals surface area contributed by atoms with Gasteiger partial charge in [-0.2, -0.15) is 0 Å². The van der Waals surface area contributed by atoms with Crippen molar-refractivity contribution in [1.29, 1.82) is 0 Å². The van der Waals surface area contributed by atoms with Crippen LogP contribution in [0.4, 0.5) is 5.82 Å². The van der Waals surface area contributed by atoms with Gasteiger partial charge in [-0.15, -0.1) is 0 Å². The first-order valence-electron chi connectivity index (χ1n) is 8.72. The highest BCUT2D eigenvalue weighted by atomic mass is 35.5. The number of halogens is 1. The number of hydrogen-bond acceptors (Lipinski definition) is 2. The lowest BCUT2D eigenvalue weighted by Gasteiger charge is -2.24. The van der Waals surface area contributed by atoms with E-state index in [9.17, 15) is 0 Å². The zero-order valence-corrected chi connectivity index (χ0v) is 14.7. The summed E-state index contributed by atoms with van der Waals surface area (Å²) in [5.74, 6) is 1.09. The number of imidazole rings is 1. The fraction of sp³-hybridized carbons (Fsp3) is 0.350. The number of pyridine rings is 1. The van der Waals surface area contributed by atoms with Crippen LogP contribution in [0.15, 0.2) is 42.6 Å². The van der Waals surface area contributed by atoms with Gasteiger partial charge in [-0.05, 0) is 43.5 Å². The van der Waals surface area contributed by atoms with Crippen LogP contribution < -0.4 is 5.32 Å². The van der Waals surface area contributed by atoms with Gasteiger partial charge in [0.05, 0.1) is 0 Å². The van der Waals surface area contributed by atoms with Gasteiger partial charge in [-0.25, -0.2) is 4.98 Å². The molecular formula is C20H22ClN3. The Labute approximate surface area is 147 Å². The van der Waals surface area contributed by atoms with Crippen LogP contribution in [-0.4, -0.2) is 15.4 Å². The van der Waals surface area contributed by atoms with Crippen LogP contribution >= 0.6 is 11.6 Å². The number of anilines is 1. The van der Waals surface area contributed by atoms with Crippen LogP contribution in [0.25, 0.3) is 16.9 Å². The fourth-order valence-electron chi connectivity index (χ4n) is 3.62. The molecule has 0 saturated heterocycles. The van der Waals surface area contributed by atoms with E-state index in [0.29, 0.717) is 6.04 Å². The minimum absolute atomic E-state index is 0.525. The summed E-state index contributed by atoms with van der Waals surface area (Å²) in [6.45, 7) is 2.11. The molecule has 0 spiro atoms. The molecule has 24 heavy (non-hydrogen) atoms. The van der Waals surface area contributed by atoms with E-state index in [2.05, 4.69) is 41.0 Å². The molecule has 0 aliphatic heterocycles. The van der Waals surface area contributed by atoms with E-state index in [4.69, 9.17) is 16.6 Å². The third kappa shape index (κ3) is 2.89. The molecule has 1 N–H and O–H groups in total. The van der Waals surface area contributed by atoms with Gasteiger partial charge in [0.2, 0.25) is 0 Å². The summed E-state index contributed by atoms with van der Waals surface area (Å²) in [7, 11) is 0. The van der Waals surface area contributed by atoms with Crippen LogP contribution in [0.3, 0.4) is 0 Å². The standard InChI is InChI=1S/C20H22ClN3/c1-14-7-6-12-24-19(14)23-18(15-8-5-9-16(21)13-15)20(24)22-17-10-3-2-4-11-17/h5-9,12-13,17,22H,2-4,10-11H2,1H3. The van der Waals surface area contributed by atoms with Gasteiger partial charge in [-0.1, -0.05) is 49.1 Å². The predicted molar refractivity (Wildman–Crippen MR) is 101 cm³/mol. The van der Waals surface area contributed by atoms with E-state index in [1.807, 2.05) is 18.2 Å². The van der Waals surface area contributed by atoms with Gasteiger partial charge in [0.15, 0.2) is 0 Å². The first-order chi connectivity index (χ1) is 11.7. The van der Waals surface area contributed by atoms with Crippen molar-refractivity contribution in [3.8, 4) is 11.3 Å². The van der Waals surface area contributed by atoms with Crippen molar-refractivity contribution < 1.29 is 0 Å². The van der Waals surface area contributed by atoms with Gasteiger partial charge >= 0.3 is 0 Å². The van der Waals surface area contributed by atoms with Crippen molar-refractivity contribution in [2.75, 3.05) is 5.32 Å². The molecular weight excluding hydrogens is 318 g/mol. The normalized spacial score (nSPS) is 15.8. The largest absolute Gasteiger partial charge is 0.367 e. The van der Waals surface area contributed by atoms with Gasteiger partial charge in [0.25, 0.3) is 0 Å². The zero-order valence-electron chi connectivity index (χ0n) is 13.9. The number of hydrogen-bond donors (Lipinski definition) is 1. The van der Waals surface area contributed by atoms with Crippen LogP contribution in [0, 0.1) is 6.92 Å². The van der Waals surface area contributed by atoms with Crippen molar-refractivity contribution in [3.63, 3.8) is 0 Å². The first kappa shape index (κ1) is 15.5. The number of rotatable bonds is 3. The molecule has 2 aromatic heterocycles. The summed E-state index contributed by atoms with van der Waals surface area (Å²) in [4.78, 5) is 4.93. The van der Waals surface area contributed by atoms with Gasteiger partial charge in [0.1, 0.15) is 17.2 Å². The second kappa shape index (κ2) is 6.48. The highest BCUT2D eigenvalue weighted by Crippen LogP contribution is 2.33. The van der Waals surface area contributed by atoms with Crippen LogP contribution in [0.2, 0.25) is 5.02 Å². The van der Waals surface area contributed by atoms with Gasteiger partial charge in [-0.3, -0.25) is 4.40 Å². The van der Waals surface area contributed by atoms with Gasteiger partial charge < -0.3 is 5.32 Å². The smallest absolute Gasteiger partial charge is 0.142 e. The summed E-state index contributed by atoms with van der Waals surface area (Å²) in [6.07, 6.45) is 8.52. The molecule has 1 aliphatic rings. The fourth-order valence-corrected chi connectivity index (χ4v) is 3.81. The lowest BCUT2D eigenvalue weighted by Crippen LogP contribution is -2.23. The minimum atomic E-state index is 0.525. The molecule has 0 bridgehead atoms. The molecule has 3 aromatic rings. The summed E-state index contributed by atoms with van der Waals surface area (Å²) in [5, 5.41) is 4.52. The Morgan fingerprint density at radius 3 is 2.75 bits per heavy atom. The molecule has 1 saturated carbocycles. The van der Waals surface area contributed by atoms with Crippen molar-refractivity contribution in [2.24, 2.45) is 0 Å². The molecule has 1 aromatic carbocycles. The van der Waals surface area contributed by atoms with Crippen molar-refractivity contribution in [3.05, 3.63) is 53.2 Å². The quantitative estimate of drug-likeness (QED) is 0.662. The number of nitrogens with one attached hydrogen (secondary N) is 1. The Balaban J connectivity index is 1.84. The summed E-state index contributed by atoms with van der Waals surface area (Å²) < 4.78 is 2.18. The van der Waals surface area contributed by atoms with Crippen LogP contribution in [0.1, 0.15) is 37.7 Å². The third-order valence-corrected chi connectivity index (χ3v) is 5.12. The molecule has 124 valence electrons. The van der Waals surface area contributed by atoms with Crippen LogP contribution in [0.5, 0.6) is 0 Å². The molecule has 0 radical (unpaired) electrons. The topological polar surface area (TPSA) is 29.3 Å². The lowest BCUT2D eigenvalue weighted by atomic mass is 9.95. The van der Waals surface area contributed by atoms with Crippen molar-refractivity contribution >= 4 is 23.1 Å². The molecule has 2 heterocycles. The second-order valence-electron chi connectivity index (χ2n) is 6.68. The Morgan fingerprint density at radius 2 is 1.96 bits per heavy atom. The minimum Gasteiger partial charge on any atom is -0.367 e. The van der Waals surface area contributed by atoms with Crippen LogP contribution in [-0.2, 0) is 0 Å². The van der Waals surface area contributed by atoms with E-state index in [0.717, 1.165) is 27.7 Å². The molecule has 4 rings (SSSR count). The molecule has 0 atom stereocenters. The zero-order chi connectivity index (χ0) is 16.5. The molecule has 0 amide bonds. The van der Waals surface area contributed by atoms with E-state index in [-0.39, 0.29) is 0 Å². The number of benzene rings is 1. The third-order valence-electron chi connectivity index (χ3n) is 4.89. The predicted octanol–water partition coefficient (Wildman–Crippen LogP) is 5.71. The van der Waals surface area contributed by atoms with Crippen molar-refractivity contribution in [2.45, 2.75) is 45.1 Å². The highest BCUT2D eigenvalue weighted by Gasteiger charge is 2.20. The average molecular weight is 340 g/mol. The van der Waals surface area contributed by atoms with E-state index in [1.54, 1.807) is 0 Å². The summed E-state index contributed by atoms with van der Waals surface area (Å²) in [5.41, 5.74) is 4.23. The molecule has 1 fully saturated rings. The molecule has 3 nitrogen and oxygen atoms in total. The van der Waals surface area contributed by atoms with E-state index < -0.39 is 0 Å². The summed E-state index contributed by atoms with van der Waals surface area (Å²) >= 11 is 6.21. The molecule has 4 heteroatoms. The number of nitrogens with zero attached hydrogens (tertiary/aromatic N) is 2. The Bertz CT molecular complexity index is 862. The maximum atomic E-state index is 6.21. The number of aromatic nitrogens is 2.